The summed E-state index contributed by atoms with van der Waals surface area (Å²) in [6, 6.07) is 0. The van der Waals surface area contributed by atoms with Gasteiger partial charge in [0, 0.05) is 10.5 Å². The number of alkyl halides is 1. The second kappa shape index (κ2) is 9.26. The fourth-order valence-corrected chi connectivity index (χ4v) is 3.37. The zero-order valence-corrected chi connectivity index (χ0v) is 16.7. The molecule has 0 amide bonds. The Labute approximate surface area is 153 Å². The number of carboxylic acids is 1. The fourth-order valence-electron chi connectivity index (χ4n) is 2.89. The van der Waals surface area contributed by atoms with Crippen molar-refractivity contribution in [3.05, 3.63) is 58.7 Å². The summed E-state index contributed by atoms with van der Waals surface area (Å²) in [6.45, 7) is 8.94. The van der Waals surface area contributed by atoms with Crippen LogP contribution in [0.25, 0.3) is 0 Å². The highest BCUT2D eigenvalue weighted by molar-refractivity contribution is 14.1. The molecule has 1 N–H and O–H groups in total. The number of hydrogen-bond donors (Lipinski definition) is 1. The molecule has 0 aliphatic heterocycles. The molecular weight excluding hydrogens is 399 g/mol. The molecule has 0 spiro atoms. The van der Waals surface area contributed by atoms with Crippen LogP contribution in [-0.4, -0.2) is 15.5 Å². The maximum Gasteiger partial charge on any atom is 0.328 e. The summed E-state index contributed by atoms with van der Waals surface area (Å²) in [7, 11) is 0. The SMILES string of the molecule is CC1=C(/C=C/C(C)=C/C=C/C(=C/C(=O)O)CI)C(C)(C)CCC1. The van der Waals surface area contributed by atoms with E-state index in [1.54, 1.807) is 0 Å². The van der Waals surface area contributed by atoms with Crippen LogP contribution < -0.4 is 0 Å². The van der Waals surface area contributed by atoms with E-state index in [9.17, 15) is 4.79 Å². The third-order valence-corrected chi connectivity index (χ3v) is 5.07. The predicted octanol–water partition coefficient (Wildman–Crippen LogP) is 6.02. The van der Waals surface area contributed by atoms with E-state index in [0.29, 0.717) is 4.43 Å². The van der Waals surface area contributed by atoms with Gasteiger partial charge in [-0.05, 0) is 49.7 Å². The van der Waals surface area contributed by atoms with E-state index < -0.39 is 5.97 Å². The summed E-state index contributed by atoms with van der Waals surface area (Å²) in [5, 5.41) is 8.78. The molecule has 0 saturated heterocycles. The van der Waals surface area contributed by atoms with E-state index in [4.69, 9.17) is 5.11 Å². The van der Waals surface area contributed by atoms with Gasteiger partial charge in [0.05, 0.1) is 0 Å². The highest BCUT2D eigenvalue weighted by atomic mass is 127. The van der Waals surface area contributed by atoms with Crippen LogP contribution in [0.4, 0.5) is 0 Å². The molecule has 1 rings (SSSR count). The van der Waals surface area contributed by atoms with Gasteiger partial charge in [-0.2, -0.15) is 0 Å². The summed E-state index contributed by atoms with van der Waals surface area (Å²) < 4.78 is 0.684. The van der Waals surface area contributed by atoms with E-state index in [2.05, 4.69) is 62.4 Å². The largest absolute Gasteiger partial charge is 0.478 e. The first kappa shape index (κ1) is 19.9. The monoisotopic (exact) mass is 426 g/mol. The third-order valence-electron chi connectivity index (χ3n) is 4.19. The van der Waals surface area contributed by atoms with Crippen molar-refractivity contribution in [1.29, 1.82) is 0 Å². The molecule has 2 nitrogen and oxygen atoms in total. The van der Waals surface area contributed by atoms with E-state index in [0.717, 1.165) is 11.1 Å². The van der Waals surface area contributed by atoms with Crippen molar-refractivity contribution in [2.24, 2.45) is 5.41 Å². The number of rotatable bonds is 6. The van der Waals surface area contributed by atoms with Crippen molar-refractivity contribution in [2.45, 2.75) is 47.0 Å². The van der Waals surface area contributed by atoms with Crippen LogP contribution in [-0.2, 0) is 4.79 Å². The van der Waals surface area contributed by atoms with Gasteiger partial charge in [-0.15, -0.1) is 0 Å². The van der Waals surface area contributed by atoms with E-state index in [1.807, 2.05) is 18.2 Å². The third kappa shape index (κ3) is 6.90. The van der Waals surface area contributed by atoms with Gasteiger partial charge in [-0.3, -0.25) is 0 Å². The van der Waals surface area contributed by atoms with Crippen LogP contribution in [0.15, 0.2) is 58.7 Å². The Bertz CT molecular complexity index is 587. The average molecular weight is 426 g/mol. The standard InChI is InChI=1S/C20H27IO2/c1-15(7-5-9-17(14-21)13-19(22)23)10-11-18-16(2)8-6-12-20(18,3)4/h5,7,9-11,13H,6,8,12,14H2,1-4H3,(H,22,23)/b9-5+,11-10+,15-7+,17-13-. The second-order valence-corrected chi connectivity index (χ2v) is 7.49. The Hall–Kier alpha value is -1.10. The Balaban J connectivity index is 2.82. The quantitative estimate of drug-likeness (QED) is 0.244. The predicted molar refractivity (Wildman–Crippen MR) is 107 cm³/mol. The number of carboxylic acid groups (broad SMARTS) is 1. The Morgan fingerprint density at radius 2 is 2.04 bits per heavy atom. The van der Waals surface area contributed by atoms with Gasteiger partial charge in [0.1, 0.15) is 0 Å². The summed E-state index contributed by atoms with van der Waals surface area (Å²) in [4.78, 5) is 10.7. The number of carbonyl (C=O) groups is 1. The second-order valence-electron chi connectivity index (χ2n) is 6.73. The van der Waals surface area contributed by atoms with Crippen molar-refractivity contribution in [3.63, 3.8) is 0 Å². The van der Waals surface area contributed by atoms with Crippen LogP contribution >= 0.6 is 22.6 Å². The van der Waals surface area contributed by atoms with Crippen LogP contribution in [0.3, 0.4) is 0 Å². The number of allylic oxidation sites excluding steroid dienone is 9. The average Bonchev–Trinajstić information content (AvgIpc) is 2.44. The zero-order valence-electron chi connectivity index (χ0n) is 14.5. The van der Waals surface area contributed by atoms with E-state index in [-0.39, 0.29) is 5.41 Å². The minimum Gasteiger partial charge on any atom is -0.478 e. The van der Waals surface area contributed by atoms with Crippen molar-refractivity contribution in [2.75, 3.05) is 4.43 Å². The zero-order chi connectivity index (χ0) is 17.5. The smallest absolute Gasteiger partial charge is 0.328 e. The molecule has 0 aromatic heterocycles. The molecule has 23 heavy (non-hydrogen) atoms. The fraction of sp³-hybridized carbons (Fsp3) is 0.450. The molecular formula is C20H27IO2. The maximum absolute atomic E-state index is 10.7. The van der Waals surface area contributed by atoms with Gasteiger partial charge in [0.25, 0.3) is 0 Å². The van der Waals surface area contributed by atoms with Crippen LogP contribution in [0, 0.1) is 5.41 Å². The summed E-state index contributed by atoms with van der Waals surface area (Å²) in [6.07, 6.45) is 15.2. The first-order valence-electron chi connectivity index (χ1n) is 7.99. The van der Waals surface area contributed by atoms with Crippen LogP contribution in [0.2, 0.25) is 0 Å². The lowest BCUT2D eigenvalue weighted by molar-refractivity contribution is -0.131. The molecule has 0 radical (unpaired) electrons. The van der Waals surface area contributed by atoms with Crippen LogP contribution in [0.5, 0.6) is 0 Å². The summed E-state index contributed by atoms with van der Waals surface area (Å²) >= 11 is 2.17. The van der Waals surface area contributed by atoms with E-state index in [1.165, 1.54) is 36.5 Å². The number of aliphatic carboxylic acids is 1. The van der Waals surface area contributed by atoms with Gasteiger partial charge in [0.2, 0.25) is 0 Å². The lowest BCUT2D eigenvalue weighted by Crippen LogP contribution is -2.19. The van der Waals surface area contributed by atoms with Crippen molar-refractivity contribution >= 4 is 28.6 Å². The maximum atomic E-state index is 10.7. The van der Waals surface area contributed by atoms with Gasteiger partial charge in [-0.1, -0.05) is 78.0 Å². The molecule has 0 saturated carbocycles. The minimum absolute atomic E-state index is 0.257. The van der Waals surface area contributed by atoms with Crippen molar-refractivity contribution in [1.82, 2.24) is 0 Å². The van der Waals surface area contributed by atoms with Gasteiger partial charge in [-0.25, -0.2) is 4.79 Å². The highest BCUT2D eigenvalue weighted by Crippen LogP contribution is 2.40. The Morgan fingerprint density at radius 3 is 2.61 bits per heavy atom. The lowest BCUT2D eigenvalue weighted by Gasteiger charge is -2.32. The van der Waals surface area contributed by atoms with E-state index >= 15 is 0 Å². The molecule has 126 valence electrons. The molecule has 3 heteroatoms. The molecule has 0 bridgehead atoms. The number of halogens is 1. The van der Waals surface area contributed by atoms with Crippen molar-refractivity contribution < 1.29 is 9.90 Å². The van der Waals surface area contributed by atoms with Gasteiger partial charge in [0.15, 0.2) is 0 Å². The molecule has 1 aliphatic carbocycles. The highest BCUT2D eigenvalue weighted by Gasteiger charge is 2.26. The van der Waals surface area contributed by atoms with Crippen molar-refractivity contribution in [3.8, 4) is 0 Å². The normalized spacial score (nSPS) is 19.9. The first-order valence-corrected chi connectivity index (χ1v) is 9.51. The number of hydrogen-bond acceptors (Lipinski definition) is 1. The molecule has 0 fully saturated rings. The minimum atomic E-state index is -0.899. The lowest BCUT2D eigenvalue weighted by atomic mass is 9.72. The molecule has 0 heterocycles. The summed E-state index contributed by atoms with van der Waals surface area (Å²) in [5.41, 5.74) is 5.17. The first-order chi connectivity index (χ1) is 10.8. The Kier molecular flexibility index (Phi) is 8.03. The molecule has 0 aromatic carbocycles. The topological polar surface area (TPSA) is 37.3 Å². The van der Waals surface area contributed by atoms with Crippen LogP contribution in [0.1, 0.15) is 47.0 Å². The van der Waals surface area contributed by atoms with Gasteiger partial charge < -0.3 is 5.11 Å². The molecule has 0 aromatic rings. The molecule has 1 aliphatic rings. The Morgan fingerprint density at radius 1 is 1.35 bits per heavy atom. The molecule has 0 unspecified atom stereocenters. The molecule has 0 atom stereocenters. The van der Waals surface area contributed by atoms with Gasteiger partial charge >= 0.3 is 5.97 Å². The summed E-state index contributed by atoms with van der Waals surface area (Å²) in [5.74, 6) is -0.899.